The minimum atomic E-state index is -0.626. The molecular formula is C19H18N2O3S. The second kappa shape index (κ2) is 8.45. The van der Waals surface area contributed by atoms with Crippen LogP contribution in [0.5, 0.6) is 11.5 Å². The van der Waals surface area contributed by atoms with Crippen LogP contribution in [-0.4, -0.2) is 30.9 Å². The molecule has 0 unspecified atom stereocenters. The van der Waals surface area contributed by atoms with Crippen molar-refractivity contribution in [2.45, 2.75) is 11.9 Å². The highest BCUT2D eigenvalue weighted by Crippen LogP contribution is 2.30. The first kappa shape index (κ1) is 17.2. The zero-order chi connectivity index (χ0) is 17.5. The van der Waals surface area contributed by atoms with Crippen molar-refractivity contribution in [3.63, 3.8) is 0 Å². The van der Waals surface area contributed by atoms with Crippen molar-refractivity contribution in [1.82, 2.24) is 5.32 Å². The maximum Gasteiger partial charge on any atom is 0.264 e. The predicted octanol–water partition coefficient (Wildman–Crippen LogP) is 2.75. The van der Waals surface area contributed by atoms with E-state index in [-0.39, 0.29) is 12.5 Å². The molecule has 0 saturated heterocycles. The maximum absolute atomic E-state index is 12.2. The molecular weight excluding hydrogens is 336 g/mol. The second-order valence-electron chi connectivity index (χ2n) is 5.48. The van der Waals surface area contributed by atoms with Crippen molar-refractivity contribution in [1.29, 1.82) is 5.26 Å². The van der Waals surface area contributed by atoms with Gasteiger partial charge in [0.2, 0.25) is 6.10 Å². The van der Waals surface area contributed by atoms with E-state index in [0.717, 1.165) is 17.1 Å². The van der Waals surface area contributed by atoms with Crippen molar-refractivity contribution in [3.8, 4) is 17.6 Å². The summed E-state index contributed by atoms with van der Waals surface area (Å²) in [6, 6.07) is 17.1. The monoisotopic (exact) mass is 354 g/mol. The molecule has 0 bridgehead atoms. The fourth-order valence-corrected chi connectivity index (χ4v) is 3.31. The number of hydrogen-bond acceptors (Lipinski definition) is 5. The number of thioether (sulfide) groups is 1. The zero-order valence-electron chi connectivity index (χ0n) is 13.6. The molecule has 1 atom stereocenters. The normalized spacial score (nSPS) is 15.2. The molecule has 128 valence electrons. The van der Waals surface area contributed by atoms with Crippen LogP contribution < -0.4 is 14.8 Å². The highest BCUT2D eigenvalue weighted by molar-refractivity contribution is 7.98. The number of hydrogen-bond donors (Lipinski definition) is 1. The van der Waals surface area contributed by atoms with Gasteiger partial charge in [-0.3, -0.25) is 4.79 Å². The SMILES string of the molecule is N#Cc1ccccc1CSCCNC(=O)[C@H]1COc2ccccc2O1. The van der Waals surface area contributed by atoms with Crippen LogP contribution >= 0.6 is 11.8 Å². The summed E-state index contributed by atoms with van der Waals surface area (Å²) >= 11 is 1.68. The fraction of sp³-hybridized carbons (Fsp3) is 0.263. The van der Waals surface area contributed by atoms with E-state index in [1.165, 1.54) is 0 Å². The van der Waals surface area contributed by atoms with Gasteiger partial charge in [0.25, 0.3) is 5.91 Å². The first-order chi connectivity index (χ1) is 12.3. The number of amides is 1. The van der Waals surface area contributed by atoms with Gasteiger partial charge in [-0.1, -0.05) is 30.3 Å². The number of fused-ring (bicyclic) bond motifs is 1. The number of carbonyl (C=O) groups excluding carboxylic acids is 1. The lowest BCUT2D eigenvalue weighted by molar-refractivity contribution is -0.130. The number of carbonyl (C=O) groups is 1. The van der Waals surface area contributed by atoms with Gasteiger partial charge in [-0.2, -0.15) is 17.0 Å². The summed E-state index contributed by atoms with van der Waals surface area (Å²) in [5.74, 6) is 2.59. The van der Waals surface area contributed by atoms with Gasteiger partial charge in [-0.15, -0.1) is 0 Å². The lowest BCUT2D eigenvalue weighted by Crippen LogP contribution is -2.44. The largest absolute Gasteiger partial charge is 0.485 e. The number of ether oxygens (including phenoxy) is 2. The lowest BCUT2D eigenvalue weighted by atomic mass is 10.1. The molecule has 25 heavy (non-hydrogen) atoms. The Morgan fingerprint density at radius 2 is 1.96 bits per heavy atom. The van der Waals surface area contributed by atoms with Gasteiger partial charge < -0.3 is 14.8 Å². The van der Waals surface area contributed by atoms with Crippen LogP contribution in [0, 0.1) is 11.3 Å². The van der Waals surface area contributed by atoms with Gasteiger partial charge >= 0.3 is 0 Å². The minimum absolute atomic E-state index is 0.174. The van der Waals surface area contributed by atoms with Crippen LogP contribution in [0.15, 0.2) is 48.5 Å². The number of para-hydroxylation sites is 2. The summed E-state index contributed by atoms with van der Waals surface area (Å²) in [4.78, 5) is 12.2. The smallest absolute Gasteiger partial charge is 0.264 e. The minimum Gasteiger partial charge on any atom is -0.485 e. The second-order valence-corrected chi connectivity index (χ2v) is 6.58. The molecule has 1 N–H and O–H groups in total. The average Bonchev–Trinajstić information content (AvgIpc) is 2.67. The topological polar surface area (TPSA) is 71.4 Å². The van der Waals surface area contributed by atoms with Crippen molar-refractivity contribution in [2.75, 3.05) is 18.9 Å². The van der Waals surface area contributed by atoms with Crippen molar-refractivity contribution >= 4 is 17.7 Å². The van der Waals surface area contributed by atoms with Crippen molar-refractivity contribution in [3.05, 3.63) is 59.7 Å². The van der Waals surface area contributed by atoms with E-state index < -0.39 is 6.10 Å². The molecule has 1 aliphatic heterocycles. The molecule has 6 heteroatoms. The van der Waals surface area contributed by atoms with Crippen LogP contribution in [0.1, 0.15) is 11.1 Å². The Balaban J connectivity index is 1.40. The number of benzene rings is 2. The van der Waals surface area contributed by atoms with Gasteiger partial charge in [0, 0.05) is 18.1 Å². The van der Waals surface area contributed by atoms with E-state index >= 15 is 0 Å². The summed E-state index contributed by atoms with van der Waals surface area (Å²) < 4.78 is 11.2. The van der Waals surface area contributed by atoms with E-state index in [4.69, 9.17) is 14.7 Å². The van der Waals surface area contributed by atoms with Crippen LogP contribution in [0.4, 0.5) is 0 Å². The highest BCUT2D eigenvalue weighted by atomic mass is 32.2. The van der Waals surface area contributed by atoms with E-state index in [1.807, 2.05) is 42.5 Å². The van der Waals surface area contributed by atoms with Gasteiger partial charge in [-0.25, -0.2) is 0 Å². The maximum atomic E-state index is 12.2. The average molecular weight is 354 g/mol. The standard InChI is InChI=1S/C19H18N2O3S/c20-11-14-5-1-2-6-15(14)13-25-10-9-21-19(22)18-12-23-16-7-3-4-8-17(16)24-18/h1-8,18H,9-10,12-13H2,(H,21,22)/t18-/m1/s1. The Kier molecular flexibility index (Phi) is 5.81. The first-order valence-corrected chi connectivity index (χ1v) is 9.15. The van der Waals surface area contributed by atoms with Crippen LogP contribution in [-0.2, 0) is 10.5 Å². The van der Waals surface area contributed by atoms with E-state index in [2.05, 4.69) is 11.4 Å². The molecule has 1 heterocycles. The molecule has 1 amide bonds. The quantitative estimate of drug-likeness (QED) is 0.808. The highest BCUT2D eigenvalue weighted by Gasteiger charge is 2.26. The Bertz CT molecular complexity index is 788. The van der Waals surface area contributed by atoms with Crippen LogP contribution in [0.25, 0.3) is 0 Å². The Morgan fingerprint density at radius 1 is 1.20 bits per heavy atom. The lowest BCUT2D eigenvalue weighted by Gasteiger charge is -2.25. The molecule has 3 rings (SSSR count). The summed E-state index contributed by atoms with van der Waals surface area (Å²) in [6.07, 6.45) is -0.626. The van der Waals surface area contributed by atoms with E-state index in [9.17, 15) is 4.79 Å². The van der Waals surface area contributed by atoms with Crippen LogP contribution in [0.3, 0.4) is 0 Å². The number of nitriles is 1. The molecule has 0 fully saturated rings. The molecule has 5 nitrogen and oxygen atoms in total. The first-order valence-electron chi connectivity index (χ1n) is 8.00. The summed E-state index contributed by atoms with van der Waals surface area (Å²) in [5.41, 5.74) is 1.72. The van der Waals surface area contributed by atoms with Gasteiger partial charge in [0.05, 0.1) is 11.6 Å². The zero-order valence-corrected chi connectivity index (χ0v) is 14.4. The van der Waals surface area contributed by atoms with Crippen LogP contribution in [0.2, 0.25) is 0 Å². The van der Waals surface area contributed by atoms with Gasteiger partial charge in [0.1, 0.15) is 6.61 Å². The molecule has 0 saturated carbocycles. The molecule has 2 aromatic rings. The fourth-order valence-electron chi connectivity index (χ4n) is 2.45. The summed E-state index contributed by atoms with van der Waals surface area (Å²) in [7, 11) is 0. The van der Waals surface area contributed by atoms with Gasteiger partial charge in [0.15, 0.2) is 11.5 Å². The molecule has 0 radical (unpaired) electrons. The number of nitrogens with one attached hydrogen (secondary N) is 1. The van der Waals surface area contributed by atoms with E-state index in [1.54, 1.807) is 17.8 Å². The van der Waals surface area contributed by atoms with Crippen molar-refractivity contribution < 1.29 is 14.3 Å². The predicted molar refractivity (Wildman–Crippen MR) is 96.7 cm³/mol. The number of rotatable bonds is 6. The number of nitrogens with zero attached hydrogens (tertiary/aromatic N) is 1. The van der Waals surface area contributed by atoms with E-state index in [0.29, 0.717) is 23.6 Å². The third kappa shape index (κ3) is 4.46. The summed E-state index contributed by atoms with van der Waals surface area (Å²) in [6.45, 7) is 0.755. The Morgan fingerprint density at radius 3 is 2.80 bits per heavy atom. The third-order valence-electron chi connectivity index (χ3n) is 3.74. The van der Waals surface area contributed by atoms with Crippen molar-refractivity contribution in [2.24, 2.45) is 0 Å². The molecule has 0 spiro atoms. The Labute approximate surface area is 150 Å². The molecule has 0 aliphatic carbocycles. The summed E-state index contributed by atoms with van der Waals surface area (Å²) in [5, 5.41) is 11.9. The Hall–Kier alpha value is -2.65. The van der Waals surface area contributed by atoms with Gasteiger partial charge in [-0.05, 0) is 23.8 Å². The molecule has 0 aromatic heterocycles. The molecule has 1 aliphatic rings. The third-order valence-corrected chi connectivity index (χ3v) is 4.75. The molecule has 2 aromatic carbocycles.